The molecule has 0 radical (unpaired) electrons. The molecule has 6 nitrogen and oxygen atoms in total. The van der Waals surface area contributed by atoms with E-state index in [-0.39, 0.29) is 0 Å². The van der Waals surface area contributed by atoms with Gasteiger partial charge in [-0.05, 0) is 12.8 Å². The summed E-state index contributed by atoms with van der Waals surface area (Å²) in [6.45, 7) is 0. The van der Waals surface area contributed by atoms with Gasteiger partial charge in [-0.1, -0.05) is 19.3 Å². The molecule has 3 rings (SSSR count). The van der Waals surface area contributed by atoms with E-state index in [0.29, 0.717) is 24.0 Å². The van der Waals surface area contributed by atoms with Gasteiger partial charge < -0.3 is 5.11 Å². The van der Waals surface area contributed by atoms with Crippen LogP contribution in [0.2, 0.25) is 0 Å². The van der Waals surface area contributed by atoms with Crippen LogP contribution in [0.5, 0.6) is 0 Å². The Morgan fingerprint density at radius 2 is 2.06 bits per heavy atom. The Morgan fingerprint density at radius 3 is 2.78 bits per heavy atom. The van der Waals surface area contributed by atoms with Crippen LogP contribution in [0, 0.1) is 0 Å². The molecule has 1 aliphatic rings. The molecule has 2 aromatic heterocycles. The summed E-state index contributed by atoms with van der Waals surface area (Å²) >= 11 is 0. The molecule has 1 aliphatic carbocycles. The third kappa shape index (κ3) is 1.48. The van der Waals surface area contributed by atoms with Crippen LogP contribution in [0.3, 0.4) is 0 Å². The fourth-order valence-electron chi connectivity index (χ4n) is 2.77. The molecular weight excluding hydrogens is 232 g/mol. The number of nitrogens with zero attached hydrogens (tertiary/aromatic N) is 4. The van der Waals surface area contributed by atoms with Gasteiger partial charge in [0.2, 0.25) is 0 Å². The van der Waals surface area contributed by atoms with E-state index in [1.54, 1.807) is 17.1 Å². The zero-order valence-corrected chi connectivity index (χ0v) is 9.91. The summed E-state index contributed by atoms with van der Waals surface area (Å²) in [5, 5.41) is 9.63. The van der Waals surface area contributed by atoms with Crippen LogP contribution in [-0.2, 0) is 10.3 Å². The van der Waals surface area contributed by atoms with Gasteiger partial charge in [0.15, 0.2) is 5.65 Å². The molecule has 18 heavy (non-hydrogen) atoms. The summed E-state index contributed by atoms with van der Waals surface area (Å²) in [6.07, 6.45) is 8.84. The molecule has 0 saturated heterocycles. The highest BCUT2D eigenvalue weighted by Crippen LogP contribution is 2.36. The van der Waals surface area contributed by atoms with Crippen molar-refractivity contribution in [3.8, 4) is 0 Å². The monoisotopic (exact) mass is 246 g/mol. The number of imidazole rings is 1. The molecule has 1 fully saturated rings. The van der Waals surface area contributed by atoms with Crippen molar-refractivity contribution >= 4 is 17.1 Å². The summed E-state index contributed by atoms with van der Waals surface area (Å²) in [5.74, 6) is -0.792. The van der Waals surface area contributed by atoms with Crippen molar-refractivity contribution in [2.45, 2.75) is 37.6 Å². The second-order valence-electron chi connectivity index (χ2n) is 4.74. The van der Waals surface area contributed by atoms with E-state index in [1.807, 2.05) is 0 Å². The van der Waals surface area contributed by atoms with Crippen molar-refractivity contribution in [3.05, 3.63) is 18.9 Å². The minimum atomic E-state index is -0.888. The number of hydrogen-bond acceptors (Lipinski definition) is 4. The Morgan fingerprint density at radius 1 is 1.28 bits per heavy atom. The molecule has 0 spiro atoms. The number of rotatable bonds is 2. The van der Waals surface area contributed by atoms with Crippen LogP contribution >= 0.6 is 0 Å². The highest BCUT2D eigenvalue weighted by atomic mass is 16.4. The largest absolute Gasteiger partial charge is 0.479 e. The number of hydrogen-bond donors (Lipinski definition) is 1. The van der Waals surface area contributed by atoms with Gasteiger partial charge in [-0.25, -0.2) is 19.7 Å². The maximum Gasteiger partial charge on any atom is 0.329 e. The summed E-state index contributed by atoms with van der Waals surface area (Å²) in [7, 11) is 0. The first-order chi connectivity index (χ1) is 8.74. The van der Waals surface area contributed by atoms with E-state index in [0.717, 1.165) is 19.3 Å². The molecule has 2 aromatic rings. The van der Waals surface area contributed by atoms with Gasteiger partial charge in [-0.2, -0.15) is 0 Å². The van der Waals surface area contributed by atoms with E-state index < -0.39 is 11.5 Å². The van der Waals surface area contributed by atoms with Gasteiger partial charge in [-0.15, -0.1) is 0 Å². The van der Waals surface area contributed by atoms with Crippen molar-refractivity contribution in [2.75, 3.05) is 0 Å². The Labute approximate surface area is 104 Å². The average Bonchev–Trinajstić information content (AvgIpc) is 2.83. The Balaban J connectivity index is 2.18. The number of carboxylic acids is 1. The Hall–Kier alpha value is -1.98. The van der Waals surface area contributed by atoms with E-state index in [9.17, 15) is 9.90 Å². The molecule has 0 amide bonds. The maximum atomic E-state index is 11.7. The standard InChI is InChI=1S/C12H14N4O2/c17-11(18)12(4-2-1-3-5-12)16-8-15-9-6-13-7-14-10(9)16/h6-8H,1-5H2,(H,17,18). The van der Waals surface area contributed by atoms with Crippen molar-refractivity contribution in [3.63, 3.8) is 0 Å². The van der Waals surface area contributed by atoms with Crippen molar-refractivity contribution in [1.29, 1.82) is 0 Å². The first kappa shape index (κ1) is 11.1. The first-order valence-electron chi connectivity index (χ1n) is 6.11. The topological polar surface area (TPSA) is 80.9 Å². The summed E-state index contributed by atoms with van der Waals surface area (Å²) in [5.41, 5.74) is 0.361. The molecule has 94 valence electrons. The van der Waals surface area contributed by atoms with Crippen LogP contribution in [0.4, 0.5) is 0 Å². The average molecular weight is 246 g/mol. The summed E-state index contributed by atoms with van der Waals surface area (Å²) < 4.78 is 1.71. The molecule has 1 N–H and O–H groups in total. The molecule has 0 aromatic carbocycles. The maximum absolute atomic E-state index is 11.7. The van der Waals surface area contributed by atoms with Gasteiger partial charge in [0.25, 0.3) is 0 Å². The van der Waals surface area contributed by atoms with Crippen LogP contribution in [0.15, 0.2) is 18.9 Å². The lowest BCUT2D eigenvalue weighted by molar-refractivity contribution is -0.149. The van der Waals surface area contributed by atoms with Gasteiger partial charge in [-0.3, -0.25) is 4.57 Å². The lowest BCUT2D eigenvalue weighted by Crippen LogP contribution is -2.43. The molecule has 1 saturated carbocycles. The summed E-state index contributed by atoms with van der Waals surface area (Å²) in [4.78, 5) is 24.0. The zero-order valence-electron chi connectivity index (χ0n) is 9.91. The second kappa shape index (κ2) is 4.04. The zero-order chi connectivity index (χ0) is 12.6. The predicted molar refractivity (Wildman–Crippen MR) is 64.0 cm³/mol. The minimum Gasteiger partial charge on any atom is -0.479 e. The Bertz CT molecular complexity index is 587. The smallest absolute Gasteiger partial charge is 0.329 e. The highest BCUT2D eigenvalue weighted by molar-refractivity contribution is 5.80. The highest BCUT2D eigenvalue weighted by Gasteiger charge is 2.42. The molecule has 0 aliphatic heterocycles. The van der Waals surface area contributed by atoms with E-state index in [2.05, 4.69) is 15.0 Å². The lowest BCUT2D eigenvalue weighted by Gasteiger charge is -2.34. The third-order valence-electron chi connectivity index (χ3n) is 3.75. The van der Waals surface area contributed by atoms with Crippen LogP contribution < -0.4 is 0 Å². The molecular formula is C12H14N4O2. The van der Waals surface area contributed by atoms with Gasteiger partial charge in [0, 0.05) is 0 Å². The summed E-state index contributed by atoms with van der Waals surface area (Å²) in [6, 6.07) is 0. The third-order valence-corrected chi connectivity index (χ3v) is 3.75. The molecule has 6 heteroatoms. The van der Waals surface area contributed by atoms with E-state index in [4.69, 9.17) is 0 Å². The predicted octanol–water partition coefficient (Wildman–Crippen LogP) is 1.57. The van der Waals surface area contributed by atoms with Gasteiger partial charge in [0.1, 0.15) is 17.4 Å². The normalized spacial score (nSPS) is 18.9. The second-order valence-corrected chi connectivity index (χ2v) is 4.74. The van der Waals surface area contributed by atoms with Crippen LogP contribution in [-0.4, -0.2) is 30.6 Å². The fraction of sp³-hybridized carbons (Fsp3) is 0.500. The van der Waals surface area contributed by atoms with Gasteiger partial charge >= 0.3 is 5.97 Å². The molecule has 0 atom stereocenters. The molecule has 2 heterocycles. The van der Waals surface area contributed by atoms with E-state index >= 15 is 0 Å². The van der Waals surface area contributed by atoms with Crippen molar-refractivity contribution in [1.82, 2.24) is 19.5 Å². The van der Waals surface area contributed by atoms with Gasteiger partial charge in [0.05, 0.1) is 12.5 Å². The number of carbonyl (C=O) groups is 1. The van der Waals surface area contributed by atoms with E-state index in [1.165, 1.54) is 6.33 Å². The van der Waals surface area contributed by atoms with Crippen LogP contribution in [0.1, 0.15) is 32.1 Å². The molecule has 0 unspecified atom stereocenters. The SMILES string of the molecule is O=C(O)C1(n2cnc3cncnc32)CCCCC1. The van der Waals surface area contributed by atoms with Crippen molar-refractivity contribution in [2.24, 2.45) is 0 Å². The number of fused-ring (bicyclic) bond motifs is 1. The minimum absolute atomic E-state index is 0.606. The number of carboxylic acid groups (broad SMARTS) is 1. The first-order valence-corrected chi connectivity index (χ1v) is 6.11. The Kier molecular flexibility index (Phi) is 2.50. The quantitative estimate of drug-likeness (QED) is 0.869. The lowest BCUT2D eigenvalue weighted by atomic mass is 9.81. The number of aromatic nitrogens is 4. The number of aliphatic carboxylic acids is 1. The van der Waals surface area contributed by atoms with Crippen molar-refractivity contribution < 1.29 is 9.90 Å². The fourth-order valence-corrected chi connectivity index (χ4v) is 2.77. The molecule has 0 bridgehead atoms. The van der Waals surface area contributed by atoms with Crippen LogP contribution in [0.25, 0.3) is 11.2 Å².